The van der Waals surface area contributed by atoms with Crippen LogP contribution in [0.15, 0.2) is 29.3 Å². The molecular formula is C13H19N3O. The van der Waals surface area contributed by atoms with Gasteiger partial charge in [0.15, 0.2) is 5.96 Å². The smallest absolute Gasteiger partial charge is 0.193 e. The lowest BCUT2D eigenvalue weighted by atomic mass is 10.1. The van der Waals surface area contributed by atoms with E-state index in [4.69, 9.17) is 10.8 Å². The van der Waals surface area contributed by atoms with E-state index in [9.17, 15) is 0 Å². The number of guanidine groups is 1. The SMILES string of the molecule is Cc1ccc(NC(N)=NCC2(CO)CC2)cc1. The van der Waals surface area contributed by atoms with Crippen molar-refractivity contribution < 1.29 is 5.11 Å². The van der Waals surface area contributed by atoms with E-state index in [2.05, 4.69) is 10.3 Å². The van der Waals surface area contributed by atoms with Crippen LogP contribution in [-0.2, 0) is 0 Å². The summed E-state index contributed by atoms with van der Waals surface area (Å²) < 4.78 is 0. The Morgan fingerprint density at radius 2 is 2.06 bits per heavy atom. The molecule has 0 unspecified atom stereocenters. The summed E-state index contributed by atoms with van der Waals surface area (Å²) in [6.45, 7) is 2.85. The molecule has 4 nitrogen and oxygen atoms in total. The van der Waals surface area contributed by atoms with Gasteiger partial charge in [0, 0.05) is 11.1 Å². The Kier molecular flexibility index (Phi) is 3.33. The lowest BCUT2D eigenvalue weighted by Gasteiger charge is -2.09. The molecule has 4 N–H and O–H groups in total. The van der Waals surface area contributed by atoms with E-state index in [1.54, 1.807) is 0 Å². The van der Waals surface area contributed by atoms with Crippen LogP contribution >= 0.6 is 0 Å². The summed E-state index contributed by atoms with van der Waals surface area (Å²) in [6, 6.07) is 7.98. The highest BCUT2D eigenvalue weighted by Crippen LogP contribution is 2.45. The highest BCUT2D eigenvalue weighted by Gasteiger charge is 2.41. The number of nitrogens with two attached hydrogens (primary N) is 1. The van der Waals surface area contributed by atoms with Crippen LogP contribution in [-0.4, -0.2) is 24.2 Å². The average Bonchev–Trinajstić information content (AvgIpc) is 3.10. The Bertz CT molecular complexity index is 407. The third kappa shape index (κ3) is 3.20. The van der Waals surface area contributed by atoms with Gasteiger partial charge in [0.25, 0.3) is 0 Å². The van der Waals surface area contributed by atoms with E-state index in [1.165, 1.54) is 5.56 Å². The first-order chi connectivity index (χ1) is 8.13. The van der Waals surface area contributed by atoms with Crippen LogP contribution in [0.5, 0.6) is 0 Å². The molecule has 1 fully saturated rings. The van der Waals surface area contributed by atoms with Crippen LogP contribution in [0.4, 0.5) is 5.69 Å². The van der Waals surface area contributed by atoms with E-state index in [1.807, 2.05) is 31.2 Å². The molecule has 0 aromatic heterocycles. The monoisotopic (exact) mass is 233 g/mol. The van der Waals surface area contributed by atoms with Gasteiger partial charge in [-0.15, -0.1) is 0 Å². The second kappa shape index (κ2) is 4.75. The summed E-state index contributed by atoms with van der Waals surface area (Å²) in [6.07, 6.45) is 2.09. The van der Waals surface area contributed by atoms with Crippen LogP contribution in [0.1, 0.15) is 18.4 Å². The number of aliphatic hydroxyl groups excluding tert-OH is 1. The molecule has 1 aromatic rings. The molecule has 1 aliphatic carbocycles. The number of nitrogens with one attached hydrogen (secondary N) is 1. The topological polar surface area (TPSA) is 70.6 Å². The normalized spacial score (nSPS) is 17.9. The summed E-state index contributed by atoms with van der Waals surface area (Å²) in [7, 11) is 0. The number of aryl methyl sites for hydroxylation is 1. The van der Waals surface area contributed by atoms with Gasteiger partial charge in [-0.3, -0.25) is 4.99 Å². The molecule has 0 saturated heterocycles. The third-order valence-electron chi connectivity index (χ3n) is 3.20. The van der Waals surface area contributed by atoms with E-state index in [0.29, 0.717) is 12.5 Å². The van der Waals surface area contributed by atoms with E-state index < -0.39 is 0 Å². The lowest BCUT2D eigenvalue weighted by molar-refractivity contribution is 0.217. The van der Waals surface area contributed by atoms with Gasteiger partial charge in [-0.2, -0.15) is 0 Å². The van der Waals surface area contributed by atoms with Gasteiger partial charge < -0.3 is 16.2 Å². The highest BCUT2D eigenvalue weighted by atomic mass is 16.3. The number of nitrogens with zero attached hydrogens (tertiary/aromatic N) is 1. The molecule has 0 spiro atoms. The van der Waals surface area contributed by atoms with E-state index in [0.717, 1.165) is 18.5 Å². The van der Waals surface area contributed by atoms with Crippen LogP contribution in [0.2, 0.25) is 0 Å². The maximum atomic E-state index is 9.16. The third-order valence-corrected chi connectivity index (χ3v) is 3.20. The average molecular weight is 233 g/mol. The highest BCUT2D eigenvalue weighted by molar-refractivity contribution is 5.92. The molecule has 0 aliphatic heterocycles. The number of rotatable bonds is 4. The predicted molar refractivity (Wildman–Crippen MR) is 70.0 cm³/mol. The van der Waals surface area contributed by atoms with Crippen molar-refractivity contribution in [1.82, 2.24) is 0 Å². The minimum absolute atomic E-state index is 0.0135. The van der Waals surface area contributed by atoms with Gasteiger partial charge in [-0.1, -0.05) is 17.7 Å². The van der Waals surface area contributed by atoms with Gasteiger partial charge in [0.1, 0.15) is 0 Å². The van der Waals surface area contributed by atoms with Crippen molar-refractivity contribution in [2.75, 3.05) is 18.5 Å². The second-order valence-corrected chi connectivity index (χ2v) is 4.85. The van der Waals surface area contributed by atoms with Gasteiger partial charge >= 0.3 is 0 Å². The summed E-state index contributed by atoms with van der Waals surface area (Å²) >= 11 is 0. The summed E-state index contributed by atoms with van der Waals surface area (Å²) in [5.74, 6) is 0.411. The van der Waals surface area contributed by atoms with Crippen LogP contribution < -0.4 is 11.1 Å². The Hall–Kier alpha value is -1.55. The minimum atomic E-state index is 0.0135. The molecular weight excluding hydrogens is 214 g/mol. The first-order valence-electron chi connectivity index (χ1n) is 5.88. The molecule has 0 amide bonds. The zero-order valence-corrected chi connectivity index (χ0v) is 10.1. The summed E-state index contributed by atoms with van der Waals surface area (Å²) in [5, 5.41) is 12.2. The fourth-order valence-electron chi connectivity index (χ4n) is 1.62. The number of aliphatic imine (C=N–C) groups is 1. The molecule has 17 heavy (non-hydrogen) atoms. The minimum Gasteiger partial charge on any atom is -0.396 e. The first kappa shape index (κ1) is 11.9. The Morgan fingerprint density at radius 3 is 2.59 bits per heavy atom. The zero-order valence-electron chi connectivity index (χ0n) is 10.1. The van der Waals surface area contributed by atoms with Gasteiger partial charge in [0.2, 0.25) is 0 Å². The summed E-state index contributed by atoms with van der Waals surface area (Å²) in [4.78, 5) is 4.27. The Morgan fingerprint density at radius 1 is 1.41 bits per heavy atom. The molecule has 4 heteroatoms. The van der Waals surface area contributed by atoms with Crippen molar-refractivity contribution in [3.63, 3.8) is 0 Å². The number of anilines is 1. The molecule has 2 rings (SSSR count). The molecule has 0 bridgehead atoms. The number of hydrogen-bond acceptors (Lipinski definition) is 2. The van der Waals surface area contributed by atoms with Crippen molar-refractivity contribution in [3.05, 3.63) is 29.8 Å². The van der Waals surface area contributed by atoms with E-state index in [-0.39, 0.29) is 12.0 Å². The Balaban J connectivity index is 1.90. The largest absolute Gasteiger partial charge is 0.396 e. The Labute approximate surface area is 102 Å². The number of benzene rings is 1. The van der Waals surface area contributed by atoms with Crippen LogP contribution in [0.25, 0.3) is 0 Å². The fourth-order valence-corrected chi connectivity index (χ4v) is 1.62. The molecule has 1 aliphatic rings. The summed E-state index contributed by atoms with van der Waals surface area (Å²) in [5.41, 5.74) is 7.95. The van der Waals surface area contributed by atoms with Gasteiger partial charge in [-0.05, 0) is 31.9 Å². The molecule has 0 radical (unpaired) electrons. The lowest BCUT2D eigenvalue weighted by Crippen LogP contribution is -2.24. The second-order valence-electron chi connectivity index (χ2n) is 4.85. The molecule has 1 saturated carbocycles. The first-order valence-corrected chi connectivity index (χ1v) is 5.88. The maximum Gasteiger partial charge on any atom is 0.193 e. The van der Waals surface area contributed by atoms with Gasteiger partial charge in [-0.25, -0.2) is 0 Å². The van der Waals surface area contributed by atoms with E-state index >= 15 is 0 Å². The van der Waals surface area contributed by atoms with Crippen LogP contribution in [0.3, 0.4) is 0 Å². The van der Waals surface area contributed by atoms with Gasteiger partial charge in [0.05, 0.1) is 13.2 Å². The van der Waals surface area contributed by atoms with Crippen molar-refractivity contribution in [2.24, 2.45) is 16.1 Å². The maximum absolute atomic E-state index is 9.16. The predicted octanol–water partition coefficient (Wildman–Crippen LogP) is 1.49. The molecule has 0 heterocycles. The number of hydrogen-bond donors (Lipinski definition) is 3. The molecule has 92 valence electrons. The molecule has 1 aromatic carbocycles. The zero-order chi connectivity index (χ0) is 12.3. The standard InChI is InChI=1S/C13H19N3O/c1-10-2-4-11(5-3-10)16-12(14)15-8-13(9-17)6-7-13/h2-5,17H,6-9H2,1H3,(H3,14,15,16). The van der Waals surface area contributed by atoms with Crippen molar-refractivity contribution >= 4 is 11.6 Å². The quantitative estimate of drug-likeness (QED) is 0.545. The molecule has 0 atom stereocenters. The van der Waals surface area contributed by atoms with Crippen LogP contribution in [0, 0.1) is 12.3 Å². The van der Waals surface area contributed by atoms with Crippen molar-refractivity contribution in [1.29, 1.82) is 0 Å². The van der Waals surface area contributed by atoms with Crippen molar-refractivity contribution in [3.8, 4) is 0 Å². The fraction of sp³-hybridized carbons (Fsp3) is 0.462. The van der Waals surface area contributed by atoms with Crippen molar-refractivity contribution in [2.45, 2.75) is 19.8 Å². The number of aliphatic hydroxyl groups is 1.